The van der Waals surface area contributed by atoms with Gasteiger partial charge >= 0.3 is 0 Å². The quantitative estimate of drug-likeness (QED) is 0.745. The van der Waals surface area contributed by atoms with Crippen molar-refractivity contribution in [3.05, 3.63) is 0 Å². The summed E-state index contributed by atoms with van der Waals surface area (Å²) in [6, 6.07) is 0. The highest BCUT2D eigenvalue weighted by atomic mass is 32.2. The van der Waals surface area contributed by atoms with Crippen LogP contribution < -0.4 is 5.14 Å². The summed E-state index contributed by atoms with van der Waals surface area (Å²) in [5.74, 6) is 0.610. The van der Waals surface area contributed by atoms with E-state index in [1.165, 1.54) is 12.8 Å². The van der Waals surface area contributed by atoms with Crippen molar-refractivity contribution in [2.45, 2.75) is 25.4 Å². The standard InChI is InChI=1S/C11H20N2O3S/c12-17(14,15)7-10-11(3-6-16-10)8-13-4-1-9(11)2-5-13/h9-10H,1-8H2,(H2,12,14,15). The van der Waals surface area contributed by atoms with Crippen molar-refractivity contribution in [2.75, 3.05) is 32.0 Å². The van der Waals surface area contributed by atoms with Crippen LogP contribution in [-0.4, -0.2) is 51.4 Å². The van der Waals surface area contributed by atoms with Gasteiger partial charge in [0.05, 0.1) is 11.9 Å². The monoisotopic (exact) mass is 260 g/mol. The minimum Gasteiger partial charge on any atom is -0.376 e. The summed E-state index contributed by atoms with van der Waals surface area (Å²) in [5.41, 5.74) is 0.0585. The fourth-order valence-corrected chi connectivity index (χ4v) is 4.85. The van der Waals surface area contributed by atoms with Crippen molar-refractivity contribution in [1.29, 1.82) is 0 Å². The number of sulfonamides is 1. The number of hydrogen-bond acceptors (Lipinski definition) is 4. The largest absolute Gasteiger partial charge is 0.376 e. The zero-order valence-electron chi connectivity index (χ0n) is 9.97. The molecule has 0 aliphatic carbocycles. The fourth-order valence-electron chi connectivity index (χ4n) is 4.00. The van der Waals surface area contributed by atoms with Gasteiger partial charge in [-0.05, 0) is 38.3 Å². The molecule has 4 saturated heterocycles. The van der Waals surface area contributed by atoms with Crippen LogP contribution >= 0.6 is 0 Å². The Morgan fingerprint density at radius 3 is 2.59 bits per heavy atom. The van der Waals surface area contributed by atoms with Gasteiger partial charge in [0.15, 0.2) is 0 Å². The maximum Gasteiger partial charge on any atom is 0.211 e. The van der Waals surface area contributed by atoms with E-state index in [2.05, 4.69) is 4.90 Å². The van der Waals surface area contributed by atoms with Gasteiger partial charge in [0, 0.05) is 18.6 Å². The molecule has 1 spiro atoms. The molecule has 5 nitrogen and oxygen atoms in total. The van der Waals surface area contributed by atoms with Crippen LogP contribution in [0.4, 0.5) is 0 Å². The molecule has 0 aromatic heterocycles. The number of piperidine rings is 3. The van der Waals surface area contributed by atoms with Crippen molar-refractivity contribution in [1.82, 2.24) is 4.90 Å². The van der Waals surface area contributed by atoms with E-state index in [-0.39, 0.29) is 17.3 Å². The molecule has 6 heteroatoms. The lowest BCUT2D eigenvalue weighted by Crippen LogP contribution is -2.59. The molecule has 4 aliphatic heterocycles. The Kier molecular flexibility index (Phi) is 2.74. The van der Waals surface area contributed by atoms with Gasteiger partial charge in [-0.1, -0.05) is 0 Å². The Balaban J connectivity index is 1.85. The summed E-state index contributed by atoms with van der Waals surface area (Å²) >= 11 is 0. The summed E-state index contributed by atoms with van der Waals surface area (Å²) in [5, 5.41) is 5.18. The number of ether oxygens (including phenoxy) is 1. The molecule has 0 amide bonds. The molecular weight excluding hydrogens is 240 g/mol. The van der Waals surface area contributed by atoms with Crippen LogP contribution in [0.3, 0.4) is 0 Å². The van der Waals surface area contributed by atoms with E-state index >= 15 is 0 Å². The average molecular weight is 260 g/mol. The molecule has 0 radical (unpaired) electrons. The first-order valence-corrected chi connectivity index (χ1v) is 8.06. The Bertz CT molecular complexity index is 403. The van der Waals surface area contributed by atoms with E-state index in [0.717, 1.165) is 26.1 Å². The fraction of sp³-hybridized carbons (Fsp3) is 1.00. The van der Waals surface area contributed by atoms with Gasteiger partial charge in [-0.25, -0.2) is 13.6 Å². The molecule has 17 heavy (non-hydrogen) atoms. The van der Waals surface area contributed by atoms with Gasteiger partial charge < -0.3 is 9.64 Å². The predicted molar refractivity (Wildman–Crippen MR) is 63.9 cm³/mol. The molecule has 2 atom stereocenters. The summed E-state index contributed by atoms with van der Waals surface area (Å²) in [6.07, 6.45) is 3.18. The summed E-state index contributed by atoms with van der Waals surface area (Å²) < 4.78 is 28.3. The SMILES string of the molecule is NS(=O)(=O)CC1OCCC12CN1CCC2CC1. The Hall–Kier alpha value is -0.170. The van der Waals surface area contributed by atoms with Crippen LogP contribution in [0.25, 0.3) is 0 Å². The number of rotatable bonds is 2. The molecule has 4 aliphatic rings. The topological polar surface area (TPSA) is 72.6 Å². The van der Waals surface area contributed by atoms with Crippen molar-refractivity contribution in [2.24, 2.45) is 16.5 Å². The molecule has 4 fully saturated rings. The maximum atomic E-state index is 11.3. The second-order valence-corrected chi connectivity index (χ2v) is 7.38. The summed E-state index contributed by atoms with van der Waals surface area (Å²) in [4.78, 5) is 2.45. The van der Waals surface area contributed by atoms with Crippen molar-refractivity contribution >= 4 is 10.0 Å². The highest BCUT2D eigenvalue weighted by Crippen LogP contribution is 2.50. The van der Waals surface area contributed by atoms with Crippen LogP contribution in [0, 0.1) is 11.3 Å². The molecule has 0 aromatic rings. The third-order valence-electron chi connectivity index (χ3n) is 4.83. The highest BCUT2D eigenvalue weighted by Gasteiger charge is 2.54. The van der Waals surface area contributed by atoms with Gasteiger partial charge in [0.25, 0.3) is 0 Å². The summed E-state index contributed by atoms with van der Waals surface area (Å²) in [7, 11) is -3.44. The molecule has 0 saturated carbocycles. The van der Waals surface area contributed by atoms with Crippen molar-refractivity contribution < 1.29 is 13.2 Å². The van der Waals surface area contributed by atoms with E-state index in [1.54, 1.807) is 0 Å². The molecule has 98 valence electrons. The average Bonchev–Trinajstić information content (AvgIpc) is 2.61. The molecule has 2 bridgehead atoms. The first-order chi connectivity index (χ1) is 8.00. The zero-order valence-corrected chi connectivity index (χ0v) is 10.8. The van der Waals surface area contributed by atoms with Gasteiger partial charge in [-0.3, -0.25) is 0 Å². The maximum absolute atomic E-state index is 11.3. The van der Waals surface area contributed by atoms with Crippen molar-refractivity contribution in [3.8, 4) is 0 Å². The van der Waals surface area contributed by atoms with Gasteiger partial charge in [-0.2, -0.15) is 0 Å². The lowest BCUT2D eigenvalue weighted by Gasteiger charge is -2.53. The number of nitrogens with two attached hydrogens (primary N) is 1. The molecule has 4 heterocycles. The Morgan fingerprint density at radius 2 is 2.06 bits per heavy atom. The van der Waals surface area contributed by atoms with E-state index in [0.29, 0.717) is 12.5 Å². The van der Waals surface area contributed by atoms with Crippen LogP contribution in [0.15, 0.2) is 0 Å². The summed E-state index contributed by atoms with van der Waals surface area (Å²) in [6.45, 7) is 4.01. The van der Waals surface area contributed by atoms with Gasteiger partial charge in [-0.15, -0.1) is 0 Å². The molecule has 2 N–H and O–H groups in total. The number of primary sulfonamides is 1. The van der Waals surface area contributed by atoms with Crippen molar-refractivity contribution in [3.63, 3.8) is 0 Å². The Morgan fingerprint density at radius 1 is 1.35 bits per heavy atom. The van der Waals surface area contributed by atoms with E-state index in [4.69, 9.17) is 9.88 Å². The zero-order chi connectivity index (χ0) is 12.1. The van der Waals surface area contributed by atoms with Gasteiger partial charge in [0.1, 0.15) is 0 Å². The molecule has 2 unspecified atom stereocenters. The Labute approximate surface area is 102 Å². The normalized spacial score (nSPS) is 45.6. The smallest absolute Gasteiger partial charge is 0.211 e. The third kappa shape index (κ3) is 2.01. The van der Waals surface area contributed by atoms with E-state index < -0.39 is 10.0 Å². The minimum atomic E-state index is -3.44. The lowest BCUT2D eigenvalue weighted by atomic mass is 9.63. The van der Waals surface area contributed by atoms with Gasteiger partial charge in [0.2, 0.25) is 10.0 Å². The highest BCUT2D eigenvalue weighted by molar-refractivity contribution is 7.89. The van der Waals surface area contributed by atoms with Crippen LogP contribution in [0.1, 0.15) is 19.3 Å². The van der Waals surface area contributed by atoms with E-state index in [9.17, 15) is 8.42 Å². The number of hydrogen-bond donors (Lipinski definition) is 1. The second kappa shape index (κ2) is 3.91. The number of fused-ring (bicyclic) bond motifs is 2. The van der Waals surface area contributed by atoms with Crippen LogP contribution in [-0.2, 0) is 14.8 Å². The third-order valence-corrected chi connectivity index (χ3v) is 5.60. The lowest BCUT2D eigenvalue weighted by molar-refractivity contribution is -0.0665. The first-order valence-electron chi connectivity index (χ1n) is 6.34. The van der Waals surface area contributed by atoms with Crippen LogP contribution in [0.2, 0.25) is 0 Å². The van der Waals surface area contributed by atoms with E-state index in [1.807, 2.05) is 0 Å². The molecule has 0 aromatic carbocycles. The molecular formula is C11H20N2O3S. The predicted octanol–water partition coefficient (Wildman–Crippen LogP) is -0.224. The molecule has 4 rings (SSSR count). The second-order valence-electron chi connectivity index (χ2n) is 5.72. The van der Waals surface area contributed by atoms with Crippen LogP contribution in [0.5, 0.6) is 0 Å². The number of nitrogens with zero attached hydrogens (tertiary/aromatic N) is 1. The minimum absolute atomic E-state index is 0.0165. The first kappa shape index (κ1) is 11.9.